The summed E-state index contributed by atoms with van der Waals surface area (Å²) in [6.07, 6.45) is 11.5. The third-order valence-corrected chi connectivity index (χ3v) is 1.96. The van der Waals surface area contributed by atoms with Crippen LogP contribution in [0.3, 0.4) is 0 Å². The molecular formula is C10H23Li. The maximum Gasteiger partial charge on any atom is 1.00 e. The first-order valence-electron chi connectivity index (χ1n) is 4.91. The van der Waals surface area contributed by atoms with Crippen LogP contribution in [0.25, 0.3) is 0 Å². The minimum absolute atomic E-state index is 0. The van der Waals surface area contributed by atoms with Gasteiger partial charge >= 0.3 is 18.9 Å². The molecule has 1 heteroatoms. The predicted molar refractivity (Wildman–Crippen MR) is 49.4 cm³/mol. The van der Waals surface area contributed by atoms with Gasteiger partial charge in [-0.25, -0.2) is 0 Å². The molecule has 0 aliphatic carbocycles. The van der Waals surface area contributed by atoms with Crippen LogP contribution in [0, 0.1) is 0 Å². The van der Waals surface area contributed by atoms with Gasteiger partial charge in [0.1, 0.15) is 0 Å². The van der Waals surface area contributed by atoms with Crippen molar-refractivity contribution in [2.24, 2.45) is 0 Å². The average Bonchev–Trinajstić information content (AvgIpc) is 1.97. The molecule has 0 atom stereocenters. The van der Waals surface area contributed by atoms with Crippen LogP contribution in [0.2, 0.25) is 0 Å². The Balaban J connectivity index is -0.000000405. The van der Waals surface area contributed by atoms with Gasteiger partial charge < -0.3 is 1.43 Å². The molecule has 0 fully saturated rings. The van der Waals surface area contributed by atoms with E-state index in [9.17, 15) is 0 Å². The number of rotatable bonds is 7. The maximum atomic E-state index is 2.27. The van der Waals surface area contributed by atoms with Crippen LogP contribution in [-0.4, -0.2) is 0 Å². The van der Waals surface area contributed by atoms with Gasteiger partial charge in [-0.2, -0.15) is 0 Å². The molecule has 0 aliphatic heterocycles. The number of hydrogen-bond acceptors (Lipinski definition) is 0. The van der Waals surface area contributed by atoms with Crippen molar-refractivity contribution in [2.45, 2.75) is 65.2 Å². The fourth-order valence-electron chi connectivity index (χ4n) is 1.21. The van der Waals surface area contributed by atoms with E-state index in [2.05, 4.69) is 13.8 Å². The number of unbranched alkanes of at least 4 members (excludes halogenated alkanes) is 7. The SMILES string of the molecule is CCCCCCCCCC.[H-].[Li+]. The normalized spacial score (nSPS) is 9.27. The van der Waals surface area contributed by atoms with Gasteiger partial charge in [0.05, 0.1) is 0 Å². The summed E-state index contributed by atoms with van der Waals surface area (Å²) in [4.78, 5) is 0. The van der Waals surface area contributed by atoms with E-state index in [4.69, 9.17) is 0 Å². The molecule has 0 amide bonds. The summed E-state index contributed by atoms with van der Waals surface area (Å²) in [6, 6.07) is 0. The zero-order valence-electron chi connectivity index (χ0n) is 9.66. The maximum absolute atomic E-state index is 2.27. The summed E-state index contributed by atoms with van der Waals surface area (Å²) in [6.45, 7) is 4.54. The van der Waals surface area contributed by atoms with Gasteiger partial charge in [0.15, 0.2) is 0 Å². The molecule has 0 N–H and O–H groups in total. The molecule has 0 aromatic carbocycles. The Morgan fingerprint density at radius 3 is 1.18 bits per heavy atom. The van der Waals surface area contributed by atoms with E-state index in [1.807, 2.05) is 0 Å². The van der Waals surface area contributed by atoms with Gasteiger partial charge in [0, 0.05) is 0 Å². The first kappa shape index (κ1) is 14.1. The van der Waals surface area contributed by atoms with Crippen molar-refractivity contribution >= 4 is 0 Å². The van der Waals surface area contributed by atoms with Crippen LogP contribution >= 0.6 is 0 Å². The van der Waals surface area contributed by atoms with Crippen LogP contribution in [0.5, 0.6) is 0 Å². The molecule has 0 nitrogen and oxygen atoms in total. The summed E-state index contributed by atoms with van der Waals surface area (Å²) in [5.74, 6) is 0. The topological polar surface area (TPSA) is 0 Å². The molecule has 0 bridgehead atoms. The van der Waals surface area contributed by atoms with Crippen molar-refractivity contribution in [1.82, 2.24) is 0 Å². The predicted octanol–water partition coefficient (Wildman–Crippen LogP) is 1.26. The van der Waals surface area contributed by atoms with E-state index >= 15 is 0 Å². The smallest absolute Gasteiger partial charge is 1.00 e. The molecular weight excluding hydrogens is 127 g/mol. The first-order valence-corrected chi connectivity index (χ1v) is 4.91. The van der Waals surface area contributed by atoms with Crippen molar-refractivity contribution < 1.29 is 20.3 Å². The molecule has 0 saturated carbocycles. The molecule has 0 radical (unpaired) electrons. The van der Waals surface area contributed by atoms with Crippen molar-refractivity contribution in [3.63, 3.8) is 0 Å². The molecule has 0 aromatic heterocycles. The van der Waals surface area contributed by atoms with E-state index in [0.29, 0.717) is 0 Å². The summed E-state index contributed by atoms with van der Waals surface area (Å²) < 4.78 is 0. The molecule has 11 heavy (non-hydrogen) atoms. The van der Waals surface area contributed by atoms with Gasteiger partial charge in [-0.1, -0.05) is 65.2 Å². The van der Waals surface area contributed by atoms with Crippen LogP contribution in [-0.2, 0) is 0 Å². The quantitative estimate of drug-likeness (QED) is 0.378. The number of hydrogen-bond donors (Lipinski definition) is 0. The van der Waals surface area contributed by atoms with Crippen LogP contribution in [0.4, 0.5) is 0 Å². The zero-order valence-corrected chi connectivity index (χ0v) is 8.66. The third kappa shape index (κ3) is 13.6. The largest absolute Gasteiger partial charge is 1.00 e. The third-order valence-electron chi connectivity index (χ3n) is 1.96. The molecule has 0 heterocycles. The first-order chi connectivity index (χ1) is 4.91. The van der Waals surface area contributed by atoms with Crippen molar-refractivity contribution in [2.75, 3.05) is 0 Å². The van der Waals surface area contributed by atoms with Crippen LogP contribution in [0.15, 0.2) is 0 Å². The van der Waals surface area contributed by atoms with Crippen LogP contribution in [0.1, 0.15) is 66.6 Å². The average molecular weight is 150 g/mol. The second-order valence-corrected chi connectivity index (χ2v) is 3.12. The van der Waals surface area contributed by atoms with Gasteiger partial charge in [0.25, 0.3) is 0 Å². The zero-order chi connectivity index (χ0) is 7.66. The summed E-state index contributed by atoms with van der Waals surface area (Å²) in [7, 11) is 0. The van der Waals surface area contributed by atoms with Crippen LogP contribution < -0.4 is 18.9 Å². The van der Waals surface area contributed by atoms with Gasteiger partial charge in [-0.15, -0.1) is 0 Å². The fraction of sp³-hybridized carbons (Fsp3) is 1.00. The summed E-state index contributed by atoms with van der Waals surface area (Å²) >= 11 is 0. The second-order valence-electron chi connectivity index (χ2n) is 3.12. The van der Waals surface area contributed by atoms with Crippen molar-refractivity contribution in [3.05, 3.63) is 0 Å². The van der Waals surface area contributed by atoms with E-state index in [0.717, 1.165) is 0 Å². The van der Waals surface area contributed by atoms with Crippen molar-refractivity contribution in [3.8, 4) is 0 Å². The van der Waals surface area contributed by atoms with E-state index in [1.54, 1.807) is 0 Å². The molecule has 0 unspecified atom stereocenters. The molecule has 0 aromatic rings. The monoisotopic (exact) mass is 150 g/mol. The Morgan fingerprint density at radius 1 is 0.636 bits per heavy atom. The molecule has 0 rings (SSSR count). The molecule has 0 aliphatic rings. The second kappa shape index (κ2) is 13.2. The Kier molecular flexibility index (Phi) is 17.0. The standard InChI is InChI=1S/C10H22.Li.H/c1-3-5-7-9-10-8-6-4-2;;/h3-10H2,1-2H3;;/q;+1;-1. The Bertz CT molecular complexity index is 49.8. The Morgan fingerprint density at radius 2 is 0.909 bits per heavy atom. The molecule has 64 valence electrons. The Labute approximate surface area is 85.8 Å². The molecule has 0 saturated heterocycles. The summed E-state index contributed by atoms with van der Waals surface area (Å²) in [5.41, 5.74) is 0. The molecule has 0 spiro atoms. The van der Waals surface area contributed by atoms with Gasteiger partial charge in [-0.05, 0) is 0 Å². The van der Waals surface area contributed by atoms with E-state index < -0.39 is 0 Å². The summed E-state index contributed by atoms with van der Waals surface area (Å²) in [5, 5.41) is 0. The van der Waals surface area contributed by atoms with Gasteiger partial charge in [0.2, 0.25) is 0 Å². The minimum Gasteiger partial charge on any atom is -1.00 e. The van der Waals surface area contributed by atoms with E-state index in [-0.39, 0.29) is 20.3 Å². The minimum atomic E-state index is 0. The van der Waals surface area contributed by atoms with Gasteiger partial charge in [-0.3, -0.25) is 0 Å². The van der Waals surface area contributed by atoms with Crippen molar-refractivity contribution in [1.29, 1.82) is 0 Å². The fourth-order valence-corrected chi connectivity index (χ4v) is 1.21. The van der Waals surface area contributed by atoms with E-state index in [1.165, 1.54) is 51.4 Å². The Hall–Kier alpha value is 0.597.